The van der Waals surface area contributed by atoms with E-state index in [4.69, 9.17) is 27.9 Å². The standard InChI is InChI=1S/C10H9Cl2N5O2/c1-17-15-10(14-16-17)13-9(18)6-3-5(11)4-7(12)8(6)19-2/h3-4H,1-2H3,(H,13,15,18). The van der Waals surface area contributed by atoms with Crippen LogP contribution in [-0.4, -0.2) is 33.2 Å². The molecule has 1 heterocycles. The lowest BCUT2D eigenvalue weighted by Crippen LogP contribution is -2.14. The summed E-state index contributed by atoms with van der Waals surface area (Å²) in [6, 6.07) is 2.93. The number of halogens is 2. The molecule has 0 aliphatic rings. The van der Waals surface area contributed by atoms with Gasteiger partial charge in [-0.05, 0) is 17.3 Å². The van der Waals surface area contributed by atoms with Gasteiger partial charge in [0.15, 0.2) is 0 Å². The molecule has 100 valence electrons. The van der Waals surface area contributed by atoms with Gasteiger partial charge in [0, 0.05) is 5.02 Å². The Bertz CT molecular complexity index is 628. The van der Waals surface area contributed by atoms with Gasteiger partial charge in [-0.1, -0.05) is 28.3 Å². The molecule has 9 heteroatoms. The molecule has 2 aromatic rings. The first-order valence-electron chi connectivity index (χ1n) is 5.09. The largest absolute Gasteiger partial charge is 0.494 e. The van der Waals surface area contributed by atoms with Crippen molar-refractivity contribution in [3.8, 4) is 5.75 Å². The fraction of sp³-hybridized carbons (Fsp3) is 0.200. The number of rotatable bonds is 3. The van der Waals surface area contributed by atoms with Crippen LogP contribution in [0.25, 0.3) is 0 Å². The molecule has 1 amide bonds. The number of amides is 1. The Morgan fingerprint density at radius 2 is 2.16 bits per heavy atom. The first-order valence-corrected chi connectivity index (χ1v) is 5.85. The van der Waals surface area contributed by atoms with Crippen LogP contribution in [0.5, 0.6) is 5.75 Å². The third-order valence-electron chi connectivity index (χ3n) is 2.19. The van der Waals surface area contributed by atoms with Crippen LogP contribution < -0.4 is 10.1 Å². The number of hydrogen-bond acceptors (Lipinski definition) is 5. The van der Waals surface area contributed by atoms with Crippen molar-refractivity contribution in [3.63, 3.8) is 0 Å². The molecular weight excluding hydrogens is 293 g/mol. The minimum absolute atomic E-state index is 0.0747. The van der Waals surface area contributed by atoms with Crippen LogP contribution in [0.1, 0.15) is 10.4 Å². The maximum absolute atomic E-state index is 12.1. The lowest BCUT2D eigenvalue weighted by molar-refractivity contribution is 0.102. The number of ether oxygens (including phenoxy) is 1. The van der Waals surface area contributed by atoms with Gasteiger partial charge in [0.2, 0.25) is 0 Å². The van der Waals surface area contributed by atoms with E-state index < -0.39 is 5.91 Å². The number of carbonyl (C=O) groups is 1. The summed E-state index contributed by atoms with van der Waals surface area (Å²) < 4.78 is 5.08. The number of benzene rings is 1. The number of nitrogens with zero attached hydrogens (tertiary/aromatic N) is 4. The number of anilines is 1. The quantitative estimate of drug-likeness (QED) is 0.934. The molecule has 0 saturated carbocycles. The van der Waals surface area contributed by atoms with Gasteiger partial charge in [0.1, 0.15) is 5.75 Å². The summed E-state index contributed by atoms with van der Waals surface area (Å²) in [5, 5.41) is 14.1. The Kier molecular flexibility index (Phi) is 3.87. The van der Waals surface area contributed by atoms with E-state index in [9.17, 15) is 4.79 Å². The molecule has 0 bridgehead atoms. The Hall–Kier alpha value is -1.86. The zero-order valence-electron chi connectivity index (χ0n) is 10.0. The number of nitrogens with one attached hydrogen (secondary N) is 1. The monoisotopic (exact) mass is 301 g/mol. The molecule has 19 heavy (non-hydrogen) atoms. The van der Waals surface area contributed by atoms with E-state index in [0.717, 1.165) is 0 Å². The van der Waals surface area contributed by atoms with Gasteiger partial charge in [-0.15, -0.1) is 5.10 Å². The molecule has 2 rings (SSSR count). The first kappa shape index (κ1) is 13.6. The minimum Gasteiger partial charge on any atom is -0.494 e. The fourth-order valence-corrected chi connectivity index (χ4v) is 2.01. The summed E-state index contributed by atoms with van der Waals surface area (Å²) in [7, 11) is 2.99. The van der Waals surface area contributed by atoms with Crippen molar-refractivity contribution in [1.82, 2.24) is 20.2 Å². The van der Waals surface area contributed by atoms with Crippen molar-refractivity contribution in [3.05, 3.63) is 27.7 Å². The summed E-state index contributed by atoms with van der Waals surface area (Å²) in [5.41, 5.74) is 0.187. The maximum atomic E-state index is 12.1. The Morgan fingerprint density at radius 1 is 1.42 bits per heavy atom. The smallest absolute Gasteiger partial charge is 0.270 e. The Morgan fingerprint density at radius 3 is 2.74 bits per heavy atom. The Balaban J connectivity index is 2.33. The van der Waals surface area contributed by atoms with E-state index in [1.807, 2.05) is 0 Å². The van der Waals surface area contributed by atoms with Gasteiger partial charge in [0.25, 0.3) is 11.9 Å². The molecule has 0 atom stereocenters. The normalized spacial score (nSPS) is 10.3. The first-order chi connectivity index (χ1) is 9.01. The van der Waals surface area contributed by atoms with Crippen LogP contribution in [0.2, 0.25) is 10.0 Å². The highest BCUT2D eigenvalue weighted by atomic mass is 35.5. The highest BCUT2D eigenvalue weighted by molar-refractivity contribution is 6.36. The molecule has 1 aromatic heterocycles. The highest BCUT2D eigenvalue weighted by Gasteiger charge is 2.18. The van der Waals surface area contributed by atoms with E-state index in [2.05, 4.69) is 20.7 Å². The lowest BCUT2D eigenvalue weighted by Gasteiger charge is -2.09. The van der Waals surface area contributed by atoms with Crippen molar-refractivity contribution in [1.29, 1.82) is 0 Å². The molecule has 0 radical (unpaired) electrons. The van der Waals surface area contributed by atoms with Crippen molar-refractivity contribution in [2.24, 2.45) is 7.05 Å². The van der Waals surface area contributed by atoms with Crippen molar-refractivity contribution < 1.29 is 9.53 Å². The van der Waals surface area contributed by atoms with Crippen LogP contribution in [0.4, 0.5) is 5.95 Å². The fourth-order valence-electron chi connectivity index (χ4n) is 1.44. The molecule has 0 aliphatic heterocycles. The van der Waals surface area contributed by atoms with E-state index in [-0.39, 0.29) is 22.3 Å². The lowest BCUT2D eigenvalue weighted by atomic mass is 10.2. The number of tetrazole rings is 1. The number of aryl methyl sites for hydroxylation is 1. The van der Waals surface area contributed by atoms with E-state index in [1.54, 1.807) is 7.05 Å². The number of methoxy groups -OCH3 is 1. The van der Waals surface area contributed by atoms with E-state index in [0.29, 0.717) is 5.02 Å². The molecule has 1 aromatic carbocycles. The summed E-state index contributed by atoms with van der Waals surface area (Å²) in [6.45, 7) is 0. The second kappa shape index (κ2) is 5.41. The molecule has 0 fully saturated rings. The van der Waals surface area contributed by atoms with Gasteiger partial charge in [-0.25, -0.2) is 0 Å². The summed E-state index contributed by atoms with van der Waals surface area (Å²) >= 11 is 11.8. The topological polar surface area (TPSA) is 81.9 Å². The van der Waals surface area contributed by atoms with Crippen LogP contribution >= 0.6 is 23.2 Å². The molecule has 7 nitrogen and oxygen atoms in total. The number of hydrogen-bond donors (Lipinski definition) is 1. The van der Waals surface area contributed by atoms with Gasteiger partial charge in [-0.3, -0.25) is 10.1 Å². The average Bonchev–Trinajstić information content (AvgIpc) is 2.73. The van der Waals surface area contributed by atoms with Gasteiger partial charge in [-0.2, -0.15) is 4.80 Å². The SMILES string of the molecule is COc1c(Cl)cc(Cl)cc1C(=O)Nc1nnn(C)n1. The van der Waals surface area contributed by atoms with Crippen LogP contribution in [-0.2, 0) is 7.05 Å². The summed E-state index contributed by atoms with van der Waals surface area (Å²) in [4.78, 5) is 13.3. The van der Waals surface area contributed by atoms with Gasteiger partial charge < -0.3 is 4.74 Å². The number of aromatic nitrogens is 4. The second-order valence-electron chi connectivity index (χ2n) is 3.53. The highest BCUT2D eigenvalue weighted by Crippen LogP contribution is 2.32. The van der Waals surface area contributed by atoms with E-state index >= 15 is 0 Å². The molecule has 0 unspecified atom stereocenters. The van der Waals surface area contributed by atoms with Crippen molar-refractivity contribution >= 4 is 35.1 Å². The maximum Gasteiger partial charge on any atom is 0.270 e. The number of carbonyl (C=O) groups excluding carboxylic acids is 1. The molecule has 0 saturated heterocycles. The van der Waals surface area contributed by atoms with Crippen LogP contribution in [0.15, 0.2) is 12.1 Å². The summed E-state index contributed by atoms with van der Waals surface area (Å²) in [6.07, 6.45) is 0. The summed E-state index contributed by atoms with van der Waals surface area (Å²) in [5.74, 6) is -0.188. The van der Waals surface area contributed by atoms with Gasteiger partial charge >= 0.3 is 0 Å². The second-order valence-corrected chi connectivity index (χ2v) is 4.37. The minimum atomic E-state index is -0.491. The van der Waals surface area contributed by atoms with Gasteiger partial charge in [0.05, 0.1) is 24.7 Å². The third kappa shape index (κ3) is 2.94. The zero-order valence-corrected chi connectivity index (χ0v) is 11.5. The predicted molar refractivity (Wildman–Crippen MR) is 69.8 cm³/mol. The molecule has 1 N–H and O–H groups in total. The molecule has 0 aliphatic carbocycles. The zero-order chi connectivity index (χ0) is 14.0. The van der Waals surface area contributed by atoms with Crippen molar-refractivity contribution in [2.75, 3.05) is 12.4 Å². The van der Waals surface area contributed by atoms with Crippen LogP contribution in [0.3, 0.4) is 0 Å². The van der Waals surface area contributed by atoms with Crippen molar-refractivity contribution in [2.45, 2.75) is 0 Å². The van der Waals surface area contributed by atoms with Crippen LogP contribution in [0, 0.1) is 0 Å². The third-order valence-corrected chi connectivity index (χ3v) is 2.69. The average molecular weight is 302 g/mol. The molecular formula is C10H9Cl2N5O2. The molecule has 0 spiro atoms. The Labute approximate surface area is 118 Å². The predicted octanol–water partition coefficient (Wildman–Crippen LogP) is 1.78. The van der Waals surface area contributed by atoms with E-state index in [1.165, 1.54) is 24.0 Å².